The van der Waals surface area contributed by atoms with E-state index < -0.39 is 74.3 Å². The summed E-state index contributed by atoms with van der Waals surface area (Å²) in [5.74, 6) is -3.05. The van der Waals surface area contributed by atoms with Crippen molar-refractivity contribution in [2.24, 2.45) is 0 Å². The van der Waals surface area contributed by atoms with Crippen molar-refractivity contribution in [3.05, 3.63) is 71.8 Å². The van der Waals surface area contributed by atoms with Crippen LogP contribution in [-0.2, 0) is 89.3 Å². The zero-order chi connectivity index (χ0) is 43.0. The lowest BCUT2D eigenvalue weighted by Crippen LogP contribution is -2.20. The number of ether oxygens (including phenoxy) is 10. The molecule has 0 aliphatic rings. The number of unbranched alkanes of at least 4 members (excludes halogenated alkanes) is 4. The van der Waals surface area contributed by atoms with Crippen LogP contribution in [0.5, 0.6) is 0 Å². The van der Waals surface area contributed by atoms with Crippen LogP contribution < -0.4 is 0 Å². The minimum Gasteiger partial charge on any atom is -0.429 e. The van der Waals surface area contributed by atoms with Gasteiger partial charge in [0.05, 0.1) is 0 Å². The van der Waals surface area contributed by atoms with Gasteiger partial charge in [0.1, 0.15) is 13.2 Å². The van der Waals surface area contributed by atoms with Crippen LogP contribution in [0.15, 0.2) is 60.7 Å². The molecule has 0 aliphatic heterocycles. The molecular formula is C40H52O18. The third kappa shape index (κ3) is 29.1. The van der Waals surface area contributed by atoms with E-state index in [0.29, 0.717) is 38.5 Å². The molecule has 2 unspecified atom stereocenters. The van der Waals surface area contributed by atoms with Gasteiger partial charge in [-0.1, -0.05) is 73.5 Å². The van der Waals surface area contributed by atoms with E-state index >= 15 is 0 Å². The van der Waals surface area contributed by atoms with Gasteiger partial charge in [-0.15, -0.1) is 0 Å². The lowest BCUT2D eigenvalue weighted by atomic mass is 10.1. The van der Waals surface area contributed by atoms with E-state index in [9.17, 15) is 38.4 Å². The van der Waals surface area contributed by atoms with E-state index in [0.717, 1.165) is 11.1 Å². The molecule has 2 rings (SSSR count). The lowest BCUT2D eigenvalue weighted by Gasteiger charge is -2.13. The largest absolute Gasteiger partial charge is 0.511 e. The van der Waals surface area contributed by atoms with Gasteiger partial charge in [-0.25, -0.2) is 9.59 Å². The molecule has 0 saturated carbocycles. The molecule has 0 amide bonds. The molecule has 2 atom stereocenters. The number of esters is 6. The molecule has 0 heterocycles. The molecule has 0 saturated heterocycles. The van der Waals surface area contributed by atoms with Crippen molar-refractivity contribution >= 4 is 48.1 Å². The zero-order valence-corrected chi connectivity index (χ0v) is 33.2. The van der Waals surface area contributed by atoms with Crippen LogP contribution in [0.4, 0.5) is 9.59 Å². The van der Waals surface area contributed by atoms with Gasteiger partial charge in [-0.3, -0.25) is 28.8 Å². The highest BCUT2D eigenvalue weighted by molar-refractivity contribution is 5.71. The van der Waals surface area contributed by atoms with Crippen LogP contribution in [0.3, 0.4) is 0 Å². The fourth-order valence-corrected chi connectivity index (χ4v) is 4.38. The Hall–Kier alpha value is -6.20. The Morgan fingerprint density at radius 2 is 0.741 bits per heavy atom. The van der Waals surface area contributed by atoms with E-state index in [-0.39, 0.29) is 38.9 Å². The fourth-order valence-electron chi connectivity index (χ4n) is 4.38. The monoisotopic (exact) mass is 820 g/mol. The average molecular weight is 821 g/mol. The summed E-state index contributed by atoms with van der Waals surface area (Å²) < 4.78 is 47.8. The first kappa shape index (κ1) is 49.8. The molecule has 2 aromatic carbocycles. The topological polar surface area (TPSA) is 229 Å². The average Bonchev–Trinajstić information content (AvgIpc) is 3.16. The van der Waals surface area contributed by atoms with Crippen LogP contribution in [0.25, 0.3) is 0 Å². The summed E-state index contributed by atoms with van der Waals surface area (Å²) in [6.45, 7) is 4.41. The fraction of sp³-hybridized carbons (Fsp3) is 0.500. The number of hydrogen-bond donors (Lipinski definition) is 0. The summed E-state index contributed by atoms with van der Waals surface area (Å²) in [7, 11) is 0. The Balaban J connectivity index is 0.000000636. The summed E-state index contributed by atoms with van der Waals surface area (Å²) in [4.78, 5) is 90.3. The second kappa shape index (κ2) is 31.0. The van der Waals surface area contributed by atoms with Gasteiger partial charge in [-0.05, 0) is 36.8 Å². The first-order valence-corrected chi connectivity index (χ1v) is 18.4. The van der Waals surface area contributed by atoms with Crippen molar-refractivity contribution in [1.29, 1.82) is 0 Å². The van der Waals surface area contributed by atoms with Crippen molar-refractivity contribution in [3.8, 4) is 0 Å². The predicted molar refractivity (Wildman–Crippen MR) is 198 cm³/mol. The minimum absolute atomic E-state index is 0.0561. The molecule has 0 bridgehead atoms. The zero-order valence-electron chi connectivity index (χ0n) is 33.2. The summed E-state index contributed by atoms with van der Waals surface area (Å²) in [5, 5.41) is 0. The van der Waals surface area contributed by atoms with Crippen molar-refractivity contribution < 1.29 is 85.7 Å². The molecule has 0 spiro atoms. The molecular weight excluding hydrogens is 768 g/mol. The molecule has 18 nitrogen and oxygen atoms in total. The second-order valence-electron chi connectivity index (χ2n) is 12.1. The highest BCUT2D eigenvalue weighted by Gasteiger charge is 2.14. The Morgan fingerprint density at radius 1 is 0.414 bits per heavy atom. The van der Waals surface area contributed by atoms with Crippen LogP contribution >= 0.6 is 0 Å². The summed E-state index contributed by atoms with van der Waals surface area (Å²) >= 11 is 0. The van der Waals surface area contributed by atoms with Gasteiger partial charge in [-0.2, -0.15) is 0 Å². The second-order valence-corrected chi connectivity index (χ2v) is 12.1. The standard InChI is InChI=1S/C25H28O10.C15H24O8/c26-22(32-18-34-24(28)30-16-20-10-4-1-5-11-20)14-8-3-9-15-23(27)33-19-35-25(29)31-17-21-12-6-2-7-13-21;1-10(16)20-12(3)22-14(18)8-6-5-7-9-15(19)23-13(4)21-11(2)17/h1-2,4-7,10-13H,3,8-9,14-19H2;12-13H,5-9H2,1-4H3. The molecule has 58 heavy (non-hydrogen) atoms. The molecule has 0 aliphatic carbocycles. The van der Waals surface area contributed by atoms with Crippen molar-refractivity contribution in [2.45, 2.75) is 118 Å². The number of carbonyl (C=O) groups excluding carboxylic acids is 8. The smallest absolute Gasteiger partial charge is 0.429 e. The minimum atomic E-state index is -0.936. The summed E-state index contributed by atoms with van der Waals surface area (Å²) in [6, 6.07) is 18.1. The van der Waals surface area contributed by atoms with E-state index in [4.69, 9.17) is 28.4 Å². The third-order valence-electron chi connectivity index (χ3n) is 6.97. The predicted octanol–water partition coefficient (Wildman–Crippen LogP) is 6.49. The summed E-state index contributed by atoms with van der Waals surface area (Å²) in [6.07, 6.45) is 0.114. The SMILES string of the molecule is CC(=O)OC(C)OC(=O)CCCCCC(=O)OC(C)OC(C)=O.O=C(CCCCCC(=O)OCOC(=O)OCc1ccccc1)OCOC(=O)OCc1ccccc1. The van der Waals surface area contributed by atoms with Gasteiger partial charge in [0.25, 0.3) is 0 Å². The molecule has 320 valence electrons. The number of benzene rings is 2. The van der Waals surface area contributed by atoms with Gasteiger partial charge in [0, 0.05) is 53.4 Å². The number of carbonyl (C=O) groups is 8. The number of rotatable bonds is 24. The molecule has 0 N–H and O–H groups in total. The van der Waals surface area contributed by atoms with Gasteiger partial charge < -0.3 is 47.4 Å². The molecule has 0 aromatic heterocycles. The maximum atomic E-state index is 11.6. The van der Waals surface area contributed by atoms with Crippen molar-refractivity contribution in [1.82, 2.24) is 0 Å². The quantitative estimate of drug-likeness (QED) is 0.0477. The van der Waals surface area contributed by atoms with Crippen molar-refractivity contribution in [2.75, 3.05) is 13.6 Å². The molecule has 0 radical (unpaired) electrons. The Bertz CT molecular complexity index is 1430. The highest BCUT2D eigenvalue weighted by atomic mass is 16.8. The maximum Gasteiger partial charge on any atom is 0.511 e. The Morgan fingerprint density at radius 3 is 1.07 bits per heavy atom. The Kier molecular flexibility index (Phi) is 26.6. The summed E-state index contributed by atoms with van der Waals surface area (Å²) in [5.41, 5.74) is 1.61. The Labute approximate surface area is 336 Å². The van der Waals surface area contributed by atoms with E-state index in [1.165, 1.54) is 27.7 Å². The molecule has 18 heteroatoms. The van der Waals surface area contributed by atoms with Gasteiger partial charge in [0.2, 0.25) is 26.2 Å². The van der Waals surface area contributed by atoms with E-state index in [2.05, 4.69) is 18.9 Å². The van der Waals surface area contributed by atoms with E-state index in [1.54, 1.807) is 24.3 Å². The highest BCUT2D eigenvalue weighted by Crippen LogP contribution is 2.09. The number of hydrogen-bond acceptors (Lipinski definition) is 18. The van der Waals surface area contributed by atoms with Crippen molar-refractivity contribution in [3.63, 3.8) is 0 Å². The normalized spacial score (nSPS) is 11.1. The first-order chi connectivity index (χ1) is 27.7. The van der Waals surface area contributed by atoms with Crippen LogP contribution in [0.1, 0.15) is 103 Å². The van der Waals surface area contributed by atoms with Crippen LogP contribution in [0, 0.1) is 0 Å². The van der Waals surface area contributed by atoms with Crippen LogP contribution in [0.2, 0.25) is 0 Å². The van der Waals surface area contributed by atoms with Gasteiger partial charge >= 0.3 is 48.1 Å². The first-order valence-electron chi connectivity index (χ1n) is 18.4. The van der Waals surface area contributed by atoms with Gasteiger partial charge in [0.15, 0.2) is 0 Å². The third-order valence-corrected chi connectivity index (χ3v) is 6.97. The molecule has 0 fully saturated rings. The molecule has 2 aromatic rings. The van der Waals surface area contributed by atoms with E-state index in [1.807, 2.05) is 36.4 Å². The lowest BCUT2D eigenvalue weighted by molar-refractivity contribution is -0.184. The maximum absolute atomic E-state index is 11.6. The van der Waals surface area contributed by atoms with Crippen LogP contribution in [-0.4, -0.2) is 74.3 Å².